The van der Waals surface area contributed by atoms with Crippen LogP contribution in [0.4, 0.5) is 20.2 Å². The molecule has 1 unspecified atom stereocenters. The van der Waals surface area contributed by atoms with Gasteiger partial charge in [-0.2, -0.15) is 6.42 Å². The van der Waals surface area contributed by atoms with E-state index in [1.54, 1.807) is 88.0 Å². The number of fused-ring (bicyclic) bond motifs is 2. The molecule has 1 aliphatic heterocycles. The Kier molecular flexibility index (Phi) is 22.9. The number of nitrogens with one attached hydrogen (secondary N) is 2. The zero-order chi connectivity index (χ0) is 45.9. The summed E-state index contributed by atoms with van der Waals surface area (Å²) in [7, 11) is 0. The van der Waals surface area contributed by atoms with Crippen LogP contribution in [0.2, 0.25) is 0 Å². The van der Waals surface area contributed by atoms with Gasteiger partial charge in [0.05, 0.1) is 26.5 Å². The van der Waals surface area contributed by atoms with E-state index in [1.165, 1.54) is 49.6 Å². The summed E-state index contributed by atoms with van der Waals surface area (Å²) < 4.78 is 32.5. The predicted octanol–water partition coefficient (Wildman–Crippen LogP) is 8.27. The zero-order valence-corrected chi connectivity index (χ0v) is 38.9. The van der Waals surface area contributed by atoms with Gasteiger partial charge in [0, 0.05) is 71.3 Å². The molecule has 4 aromatic carbocycles. The number of hydrogen-bond donors (Lipinski definition) is 3. The minimum atomic E-state index is -1.19. The van der Waals surface area contributed by atoms with E-state index < -0.39 is 22.8 Å². The molecule has 1 saturated heterocycles. The van der Waals surface area contributed by atoms with Gasteiger partial charge >= 0.3 is 18.9 Å². The number of hydrogen-bond acceptors (Lipinski definition) is 9. The Labute approximate surface area is 389 Å². The van der Waals surface area contributed by atoms with Crippen LogP contribution in [0.25, 0.3) is 22.1 Å². The summed E-state index contributed by atoms with van der Waals surface area (Å²) in [5.41, 5.74) is 4.05. The maximum Gasteiger partial charge on any atom is 1.00 e. The average molecular weight is 922 g/mol. The van der Waals surface area contributed by atoms with Crippen LogP contribution >= 0.6 is 15.9 Å². The molecule has 0 saturated carbocycles. The molecule has 330 valence electrons. The summed E-state index contributed by atoms with van der Waals surface area (Å²) in [5.74, 6) is -1.18. The Morgan fingerprint density at radius 1 is 0.746 bits per heavy atom. The molecule has 7 rings (SSSR count). The quantitative estimate of drug-likeness (QED) is 0.0851. The Morgan fingerprint density at radius 3 is 1.65 bits per heavy atom. The first-order chi connectivity index (χ1) is 29.4. The second-order valence-corrected chi connectivity index (χ2v) is 16.9. The number of benzene rings is 4. The molecule has 2 aromatic heterocycles. The number of amides is 2. The first kappa shape index (κ1) is 54.2. The van der Waals surface area contributed by atoms with Crippen LogP contribution in [0.15, 0.2) is 102 Å². The number of aliphatic hydroxyl groups is 1. The minimum Gasteiger partial charge on any atom is -0.384 e. The number of aldehydes is 1. The molecule has 1 aliphatic rings. The van der Waals surface area contributed by atoms with E-state index in [1.807, 2.05) is 20.8 Å². The molecule has 2 amide bonds. The molecule has 0 spiro atoms. The van der Waals surface area contributed by atoms with Crippen molar-refractivity contribution in [3.63, 3.8) is 0 Å². The van der Waals surface area contributed by atoms with Gasteiger partial charge in [-0.15, -0.1) is 0 Å². The first-order valence-electron chi connectivity index (χ1n) is 20.2. The van der Waals surface area contributed by atoms with Gasteiger partial charge in [0.15, 0.2) is 0 Å². The third kappa shape index (κ3) is 18.3. The van der Waals surface area contributed by atoms with Crippen molar-refractivity contribution >= 4 is 67.5 Å². The summed E-state index contributed by atoms with van der Waals surface area (Å²) in [6, 6.07) is 18.8. The van der Waals surface area contributed by atoms with Gasteiger partial charge in [0.1, 0.15) is 24.0 Å². The molecule has 15 heteroatoms. The van der Waals surface area contributed by atoms with Crippen molar-refractivity contribution in [2.24, 2.45) is 10.8 Å². The number of ether oxygens (including phenoxy) is 1. The smallest absolute Gasteiger partial charge is 0.384 e. The molecule has 0 radical (unpaired) electrons. The number of unbranched alkanes of at least 4 members (excludes halogenated alkanes) is 1. The third-order valence-electron chi connectivity index (χ3n) is 8.71. The second kappa shape index (κ2) is 26.6. The van der Waals surface area contributed by atoms with Crippen LogP contribution in [-0.4, -0.2) is 56.4 Å². The molecular weight excluding hydrogens is 865 g/mol. The maximum atomic E-state index is 14.3. The summed E-state index contributed by atoms with van der Waals surface area (Å²) in [4.78, 5) is 50.7. The third-order valence-corrected chi connectivity index (χ3v) is 9.32. The van der Waals surface area contributed by atoms with E-state index >= 15 is 0 Å². The Bertz CT molecular complexity index is 2380. The van der Waals surface area contributed by atoms with Crippen LogP contribution in [0, 0.1) is 29.4 Å². The topological polar surface area (TPSA) is 156 Å². The van der Waals surface area contributed by atoms with E-state index in [0.717, 1.165) is 37.0 Å². The van der Waals surface area contributed by atoms with Crippen LogP contribution in [0.5, 0.6) is 0 Å². The van der Waals surface area contributed by atoms with Crippen molar-refractivity contribution in [1.29, 1.82) is 0 Å². The minimum absolute atomic E-state index is 0. The predicted molar refractivity (Wildman–Crippen MR) is 246 cm³/mol. The number of rotatable bonds is 6. The standard InChI is InChI=1S/C20H20FN3O2.C11H13BrFNO.C9H6N2O.C4H8O.C4H9.Li/c1-20(2,3)19(26)24-13-5-6-15(21)14(11-13)18(25)12-4-7-16-17(10-12)23-9-8-22-16;1-11(2,3)10(15)14-7-4-5-9(13)8(12)6-7;12-6-7-1-2-8-9(5-7)11-4-3-10-8;1-2-4-5-3-1;1-3-4-2;/h4-11,18,25H,1-3H3,(H,24,26);4-6H,1-3H3,(H,14,15);1-6H;1-4H2;1,3-4H2,2H3;/q;;;;-1;+1. The Morgan fingerprint density at radius 2 is 1.21 bits per heavy atom. The number of nitrogens with zero attached hydrogens (tertiary/aromatic N) is 4. The fourth-order valence-corrected chi connectivity index (χ4v) is 5.31. The Balaban J connectivity index is 0.000000312. The first-order valence-corrected chi connectivity index (χ1v) is 21.0. The van der Waals surface area contributed by atoms with Crippen LogP contribution in [0.1, 0.15) is 102 Å². The number of halogens is 3. The Hall–Kier alpha value is -4.97. The van der Waals surface area contributed by atoms with E-state index in [-0.39, 0.29) is 42.1 Å². The second-order valence-electron chi connectivity index (χ2n) is 16.1. The molecule has 63 heavy (non-hydrogen) atoms. The number of carbonyl (C=O) groups excluding carboxylic acids is 3. The van der Waals surface area contributed by atoms with Crippen molar-refractivity contribution < 1.29 is 51.9 Å². The fourth-order valence-electron chi connectivity index (χ4n) is 4.94. The summed E-state index contributed by atoms with van der Waals surface area (Å²) in [6.07, 6.45) is 10.8. The van der Waals surface area contributed by atoms with Crippen molar-refractivity contribution in [3.8, 4) is 0 Å². The normalized spacial score (nSPS) is 12.3. The van der Waals surface area contributed by atoms with E-state index in [0.29, 0.717) is 38.0 Å². The summed E-state index contributed by atoms with van der Waals surface area (Å²) in [5, 5.41) is 16.1. The SMILES string of the molecule is C1CCOC1.CC(C)(C)C(=O)Nc1ccc(F)c(Br)c1.CC(C)(C)C(=O)Nc1ccc(F)c(C(O)c2ccc3nccnc3c2)c1.O=Cc1ccc2nccnc2c1.[CH2-]CCC.[Li+]. The largest absolute Gasteiger partial charge is 1.00 e. The average Bonchev–Trinajstić information content (AvgIpc) is 3.86. The molecule has 1 fully saturated rings. The van der Waals surface area contributed by atoms with Gasteiger partial charge in [-0.3, -0.25) is 34.3 Å². The van der Waals surface area contributed by atoms with Crippen molar-refractivity contribution in [3.05, 3.63) is 137 Å². The molecule has 0 bridgehead atoms. The molecule has 6 aromatic rings. The van der Waals surface area contributed by atoms with Gasteiger partial charge in [0.25, 0.3) is 0 Å². The monoisotopic (exact) mass is 920 g/mol. The molecule has 11 nitrogen and oxygen atoms in total. The molecular formula is C48H56BrF2LiN6O5. The van der Waals surface area contributed by atoms with Gasteiger partial charge in [-0.05, 0) is 101 Å². The number of aliphatic hydroxyl groups excluding tert-OH is 1. The van der Waals surface area contributed by atoms with Gasteiger partial charge in [0.2, 0.25) is 11.8 Å². The van der Waals surface area contributed by atoms with Gasteiger partial charge in [-0.25, -0.2) is 8.78 Å². The molecule has 1 atom stereocenters. The van der Waals surface area contributed by atoms with E-state index in [2.05, 4.69) is 60.3 Å². The molecule has 3 heterocycles. The van der Waals surface area contributed by atoms with Gasteiger partial charge < -0.3 is 27.4 Å². The number of carbonyl (C=O) groups is 3. The maximum absolute atomic E-state index is 14.3. The van der Waals surface area contributed by atoms with Crippen molar-refractivity contribution in [1.82, 2.24) is 19.9 Å². The summed E-state index contributed by atoms with van der Waals surface area (Å²) >= 11 is 3.06. The number of aromatic nitrogens is 4. The number of anilines is 2. The van der Waals surface area contributed by atoms with Crippen LogP contribution in [0.3, 0.4) is 0 Å². The van der Waals surface area contributed by atoms with E-state index in [4.69, 9.17) is 4.74 Å². The zero-order valence-electron chi connectivity index (χ0n) is 37.3. The van der Waals surface area contributed by atoms with Gasteiger partial charge in [-0.1, -0.05) is 61.0 Å². The fraction of sp³-hybridized carbons (Fsp3) is 0.333. The van der Waals surface area contributed by atoms with Crippen molar-refractivity contribution in [2.75, 3.05) is 23.8 Å². The van der Waals surface area contributed by atoms with E-state index in [9.17, 15) is 28.3 Å². The van der Waals surface area contributed by atoms with Crippen LogP contribution in [-0.2, 0) is 14.3 Å². The van der Waals surface area contributed by atoms with Crippen molar-refractivity contribution in [2.45, 2.75) is 80.3 Å². The van der Waals surface area contributed by atoms with Crippen LogP contribution < -0.4 is 29.5 Å². The summed E-state index contributed by atoms with van der Waals surface area (Å²) in [6.45, 7) is 18.6. The molecule has 3 N–H and O–H groups in total. The molecule has 0 aliphatic carbocycles.